The Kier molecular flexibility index (Phi) is 6.42. The van der Waals surface area contributed by atoms with E-state index in [1.807, 2.05) is 0 Å². The average molecular weight is 504 g/mol. The van der Waals surface area contributed by atoms with Crippen molar-refractivity contribution in [1.82, 2.24) is 9.97 Å². The van der Waals surface area contributed by atoms with Gasteiger partial charge < -0.3 is 4.98 Å². The number of fused-ring (bicyclic) bond motifs is 1. The molecule has 0 aliphatic rings. The zero-order valence-corrected chi connectivity index (χ0v) is 19.8. The van der Waals surface area contributed by atoms with Gasteiger partial charge >= 0.3 is 0 Å². The van der Waals surface area contributed by atoms with Gasteiger partial charge in [0.05, 0.1) is 17.0 Å². The molecule has 0 unspecified atom stereocenters. The number of benzene rings is 2. The number of carbonyl (C=O) groups is 1. The standard InChI is InChI=1S/C24H20ClF2N3O3S/c1-13(2)12-34(32,33)30-20-8-7-19(26)21(22(20)27)23(31)18-11-29-24-17(18)9-15(10-28-24)14-3-5-16(25)6-4-14/h3-11,13,30H,12H2,1-2H3,(H,28,29). The lowest BCUT2D eigenvalue weighted by molar-refractivity contribution is 0.103. The maximum atomic E-state index is 15.2. The van der Waals surface area contributed by atoms with E-state index in [2.05, 4.69) is 14.7 Å². The molecule has 2 heterocycles. The van der Waals surface area contributed by atoms with Gasteiger partial charge in [0, 0.05) is 33.9 Å². The van der Waals surface area contributed by atoms with Crippen LogP contribution < -0.4 is 4.72 Å². The Morgan fingerprint density at radius 3 is 2.50 bits per heavy atom. The molecule has 10 heteroatoms. The number of hydrogen-bond donors (Lipinski definition) is 2. The van der Waals surface area contributed by atoms with Crippen LogP contribution in [0.2, 0.25) is 5.02 Å². The van der Waals surface area contributed by atoms with Gasteiger partial charge in [-0.05, 0) is 41.8 Å². The first-order valence-corrected chi connectivity index (χ1v) is 12.3. The van der Waals surface area contributed by atoms with Crippen LogP contribution in [0.3, 0.4) is 0 Å². The second-order valence-electron chi connectivity index (χ2n) is 8.22. The van der Waals surface area contributed by atoms with Crippen LogP contribution in [0.15, 0.2) is 54.9 Å². The third-order valence-corrected chi connectivity index (χ3v) is 6.98. The molecule has 0 atom stereocenters. The number of anilines is 1. The summed E-state index contributed by atoms with van der Waals surface area (Å²) in [6.45, 7) is 3.39. The molecule has 0 aliphatic carbocycles. The van der Waals surface area contributed by atoms with Crippen molar-refractivity contribution in [3.8, 4) is 11.1 Å². The van der Waals surface area contributed by atoms with Gasteiger partial charge in [0.1, 0.15) is 11.5 Å². The molecule has 0 spiro atoms. The van der Waals surface area contributed by atoms with E-state index >= 15 is 4.39 Å². The van der Waals surface area contributed by atoms with Crippen LogP contribution in [0.25, 0.3) is 22.2 Å². The van der Waals surface area contributed by atoms with Crippen molar-refractivity contribution in [2.75, 3.05) is 10.5 Å². The monoisotopic (exact) mass is 503 g/mol. The van der Waals surface area contributed by atoms with E-state index in [0.29, 0.717) is 21.6 Å². The zero-order valence-electron chi connectivity index (χ0n) is 18.2. The fourth-order valence-electron chi connectivity index (χ4n) is 3.61. The normalized spacial score (nSPS) is 11.8. The number of aromatic amines is 1. The lowest BCUT2D eigenvalue weighted by Crippen LogP contribution is -2.21. The molecular weight excluding hydrogens is 484 g/mol. The fourth-order valence-corrected chi connectivity index (χ4v) is 5.19. The molecule has 0 amide bonds. The molecule has 0 radical (unpaired) electrons. The molecule has 2 aromatic heterocycles. The van der Waals surface area contributed by atoms with Crippen molar-refractivity contribution >= 4 is 44.1 Å². The SMILES string of the molecule is CC(C)CS(=O)(=O)Nc1ccc(F)c(C(=O)c2c[nH]c3ncc(-c4ccc(Cl)cc4)cc23)c1F. The summed E-state index contributed by atoms with van der Waals surface area (Å²) in [5.74, 6) is -3.80. The second-order valence-corrected chi connectivity index (χ2v) is 10.4. The molecule has 6 nitrogen and oxygen atoms in total. The minimum Gasteiger partial charge on any atom is -0.345 e. The van der Waals surface area contributed by atoms with Gasteiger partial charge in [-0.25, -0.2) is 22.2 Å². The van der Waals surface area contributed by atoms with E-state index in [1.54, 1.807) is 50.4 Å². The smallest absolute Gasteiger partial charge is 0.233 e. The van der Waals surface area contributed by atoms with Gasteiger partial charge in [-0.2, -0.15) is 0 Å². The lowest BCUT2D eigenvalue weighted by atomic mass is 10.00. The largest absolute Gasteiger partial charge is 0.345 e. The molecule has 34 heavy (non-hydrogen) atoms. The zero-order chi connectivity index (χ0) is 24.6. The van der Waals surface area contributed by atoms with Gasteiger partial charge in [-0.3, -0.25) is 9.52 Å². The van der Waals surface area contributed by atoms with Crippen LogP contribution in [0.5, 0.6) is 0 Å². The van der Waals surface area contributed by atoms with Crippen molar-refractivity contribution in [1.29, 1.82) is 0 Å². The molecule has 0 aliphatic heterocycles. The Labute approximate surface area is 200 Å². The molecule has 0 saturated carbocycles. The van der Waals surface area contributed by atoms with Gasteiger partial charge in [0.25, 0.3) is 0 Å². The maximum Gasteiger partial charge on any atom is 0.233 e. The third-order valence-electron chi connectivity index (χ3n) is 5.09. The number of nitrogens with zero attached hydrogens (tertiary/aromatic N) is 1. The van der Waals surface area contributed by atoms with Crippen LogP contribution >= 0.6 is 11.6 Å². The summed E-state index contributed by atoms with van der Waals surface area (Å²) in [6, 6.07) is 10.5. The highest BCUT2D eigenvalue weighted by Crippen LogP contribution is 2.30. The lowest BCUT2D eigenvalue weighted by Gasteiger charge is -2.13. The molecule has 4 aromatic rings. The molecule has 0 saturated heterocycles. The highest BCUT2D eigenvalue weighted by molar-refractivity contribution is 7.92. The van der Waals surface area contributed by atoms with Gasteiger partial charge in [-0.15, -0.1) is 0 Å². The minimum absolute atomic E-state index is 0.00157. The van der Waals surface area contributed by atoms with Crippen molar-refractivity contribution < 1.29 is 22.0 Å². The highest BCUT2D eigenvalue weighted by atomic mass is 35.5. The number of carbonyl (C=O) groups excluding carboxylic acids is 1. The summed E-state index contributed by atoms with van der Waals surface area (Å²) in [4.78, 5) is 20.4. The van der Waals surface area contributed by atoms with Crippen molar-refractivity contribution in [3.63, 3.8) is 0 Å². The summed E-state index contributed by atoms with van der Waals surface area (Å²) in [7, 11) is -3.89. The van der Waals surface area contributed by atoms with E-state index in [9.17, 15) is 17.6 Å². The molecule has 0 bridgehead atoms. The van der Waals surface area contributed by atoms with E-state index in [0.717, 1.165) is 17.7 Å². The Morgan fingerprint density at radius 1 is 1.12 bits per heavy atom. The summed E-state index contributed by atoms with van der Waals surface area (Å²) >= 11 is 5.94. The van der Waals surface area contributed by atoms with Crippen LogP contribution in [0, 0.1) is 17.6 Å². The Hall–Kier alpha value is -3.30. The summed E-state index contributed by atoms with van der Waals surface area (Å²) in [5.41, 5.74) is 0.466. The van der Waals surface area contributed by atoms with E-state index in [4.69, 9.17) is 11.6 Å². The second kappa shape index (κ2) is 9.15. The van der Waals surface area contributed by atoms with Crippen molar-refractivity contribution in [2.45, 2.75) is 13.8 Å². The van der Waals surface area contributed by atoms with Gasteiger partial charge in [0.15, 0.2) is 5.82 Å². The molecule has 4 rings (SSSR count). The Bertz CT molecular complexity index is 1500. The molecular formula is C24H20ClF2N3O3S. The molecule has 2 N–H and O–H groups in total. The van der Waals surface area contributed by atoms with Crippen molar-refractivity contribution in [3.05, 3.63) is 82.6 Å². The molecule has 0 fully saturated rings. The third kappa shape index (κ3) is 4.80. The Balaban J connectivity index is 1.76. The van der Waals surface area contributed by atoms with Crippen molar-refractivity contribution in [2.24, 2.45) is 5.92 Å². The number of rotatable bonds is 7. The average Bonchev–Trinajstić information content (AvgIpc) is 3.18. The highest BCUT2D eigenvalue weighted by Gasteiger charge is 2.26. The number of hydrogen-bond acceptors (Lipinski definition) is 4. The first-order chi connectivity index (χ1) is 16.1. The fraction of sp³-hybridized carbons (Fsp3) is 0.167. The van der Waals surface area contributed by atoms with Crippen LogP contribution in [0.4, 0.5) is 14.5 Å². The quantitative estimate of drug-likeness (QED) is 0.312. The predicted molar refractivity (Wildman–Crippen MR) is 129 cm³/mol. The van der Waals surface area contributed by atoms with E-state index in [-0.39, 0.29) is 17.2 Å². The van der Waals surface area contributed by atoms with E-state index < -0.39 is 38.7 Å². The number of pyridine rings is 1. The van der Waals surface area contributed by atoms with Gasteiger partial charge in [0.2, 0.25) is 15.8 Å². The summed E-state index contributed by atoms with van der Waals surface area (Å²) in [6.07, 6.45) is 2.92. The number of halogens is 3. The van der Waals surface area contributed by atoms with Gasteiger partial charge in [-0.1, -0.05) is 37.6 Å². The summed E-state index contributed by atoms with van der Waals surface area (Å²) < 4.78 is 56.4. The van der Waals surface area contributed by atoms with Crippen LogP contribution in [-0.4, -0.2) is 29.9 Å². The number of sulfonamides is 1. The van der Waals surface area contributed by atoms with Crippen LogP contribution in [0.1, 0.15) is 29.8 Å². The number of aromatic nitrogens is 2. The number of ketones is 1. The first-order valence-electron chi connectivity index (χ1n) is 10.3. The topological polar surface area (TPSA) is 91.9 Å². The first kappa shape index (κ1) is 23.8. The Morgan fingerprint density at radius 2 is 1.82 bits per heavy atom. The maximum absolute atomic E-state index is 15.2. The number of H-pyrrole nitrogens is 1. The summed E-state index contributed by atoms with van der Waals surface area (Å²) in [5, 5.41) is 0.923. The molecule has 2 aromatic carbocycles. The van der Waals surface area contributed by atoms with E-state index in [1.165, 1.54) is 6.20 Å². The molecule has 176 valence electrons. The van der Waals surface area contributed by atoms with Crippen LogP contribution in [-0.2, 0) is 10.0 Å². The minimum atomic E-state index is -3.89. The number of nitrogens with one attached hydrogen (secondary N) is 2. The predicted octanol–water partition coefficient (Wildman–Crippen LogP) is 5.79.